The maximum Gasteiger partial charge on any atom is 0.224 e. The highest BCUT2D eigenvalue weighted by Crippen LogP contribution is 2.11. The van der Waals surface area contributed by atoms with E-state index in [1.165, 1.54) is 19.4 Å². The Morgan fingerprint density at radius 2 is 2.06 bits per heavy atom. The Balaban J connectivity index is 2.20. The fourth-order valence-electron chi connectivity index (χ4n) is 2.42. The number of piperidine rings is 1. The van der Waals surface area contributed by atoms with Crippen molar-refractivity contribution in [2.24, 2.45) is 5.92 Å². The Bertz CT molecular complexity index is 237. The SMILES string of the molecule is CCCCN1CCC(NC(=O)C(C)CNC)CC1. The molecule has 0 bridgehead atoms. The van der Waals surface area contributed by atoms with Crippen LogP contribution >= 0.6 is 0 Å². The maximum atomic E-state index is 11.9. The van der Waals surface area contributed by atoms with Crippen LogP contribution in [0.4, 0.5) is 0 Å². The summed E-state index contributed by atoms with van der Waals surface area (Å²) in [6, 6.07) is 0.384. The third-order valence-electron chi connectivity index (χ3n) is 3.72. The van der Waals surface area contributed by atoms with E-state index >= 15 is 0 Å². The monoisotopic (exact) mass is 255 g/mol. The lowest BCUT2D eigenvalue weighted by Gasteiger charge is -2.32. The van der Waals surface area contributed by atoms with Gasteiger partial charge in [-0.25, -0.2) is 0 Å². The highest BCUT2D eigenvalue weighted by molar-refractivity contribution is 5.78. The largest absolute Gasteiger partial charge is 0.353 e. The van der Waals surface area contributed by atoms with Gasteiger partial charge in [0.15, 0.2) is 0 Å². The zero-order valence-electron chi connectivity index (χ0n) is 12.2. The van der Waals surface area contributed by atoms with Crippen LogP contribution in [0.5, 0.6) is 0 Å². The van der Waals surface area contributed by atoms with Crippen molar-refractivity contribution in [3.63, 3.8) is 0 Å². The van der Waals surface area contributed by atoms with E-state index in [4.69, 9.17) is 0 Å². The number of amides is 1. The van der Waals surface area contributed by atoms with Crippen molar-refractivity contribution in [3.05, 3.63) is 0 Å². The molecule has 2 N–H and O–H groups in total. The number of carbonyl (C=O) groups excluding carboxylic acids is 1. The van der Waals surface area contributed by atoms with Gasteiger partial charge in [-0.05, 0) is 32.9 Å². The fraction of sp³-hybridized carbons (Fsp3) is 0.929. The highest BCUT2D eigenvalue weighted by Gasteiger charge is 2.22. The van der Waals surface area contributed by atoms with E-state index in [0.717, 1.165) is 32.5 Å². The summed E-state index contributed by atoms with van der Waals surface area (Å²) >= 11 is 0. The van der Waals surface area contributed by atoms with Gasteiger partial charge in [0.1, 0.15) is 0 Å². The van der Waals surface area contributed by atoms with Crippen LogP contribution in [-0.4, -0.2) is 50.1 Å². The lowest BCUT2D eigenvalue weighted by Crippen LogP contribution is -2.47. The quantitative estimate of drug-likeness (QED) is 0.719. The first-order valence-electron chi connectivity index (χ1n) is 7.34. The smallest absolute Gasteiger partial charge is 0.224 e. The minimum Gasteiger partial charge on any atom is -0.353 e. The molecule has 0 aliphatic carbocycles. The van der Waals surface area contributed by atoms with Crippen LogP contribution in [0.15, 0.2) is 0 Å². The molecule has 1 fully saturated rings. The Morgan fingerprint density at radius 1 is 1.39 bits per heavy atom. The van der Waals surface area contributed by atoms with E-state index in [2.05, 4.69) is 22.5 Å². The van der Waals surface area contributed by atoms with Crippen LogP contribution in [0.25, 0.3) is 0 Å². The highest BCUT2D eigenvalue weighted by atomic mass is 16.1. The van der Waals surface area contributed by atoms with Crippen LogP contribution in [-0.2, 0) is 4.79 Å². The third-order valence-corrected chi connectivity index (χ3v) is 3.72. The van der Waals surface area contributed by atoms with E-state index < -0.39 is 0 Å². The molecule has 1 aliphatic rings. The number of nitrogens with zero attached hydrogens (tertiary/aromatic N) is 1. The summed E-state index contributed by atoms with van der Waals surface area (Å²) in [7, 11) is 1.88. The molecular weight excluding hydrogens is 226 g/mol. The van der Waals surface area contributed by atoms with E-state index in [1.54, 1.807) is 0 Å². The summed E-state index contributed by atoms with van der Waals surface area (Å²) < 4.78 is 0. The summed E-state index contributed by atoms with van der Waals surface area (Å²) in [6.07, 6.45) is 4.75. The fourth-order valence-corrected chi connectivity index (χ4v) is 2.42. The summed E-state index contributed by atoms with van der Waals surface area (Å²) in [6.45, 7) is 8.43. The summed E-state index contributed by atoms with van der Waals surface area (Å²) in [5, 5.41) is 6.22. The Hall–Kier alpha value is -0.610. The maximum absolute atomic E-state index is 11.9. The molecular formula is C14H29N3O. The molecule has 0 aromatic heterocycles. The molecule has 1 unspecified atom stereocenters. The molecule has 0 aromatic carbocycles. The first-order chi connectivity index (χ1) is 8.67. The van der Waals surface area contributed by atoms with Crippen LogP contribution in [0.2, 0.25) is 0 Å². The third kappa shape index (κ3) is 5.36. The second-order valence-corrected chi connectivity index (χ2v) is 5.44. The molecule has 1 rings (SSSR count). The number of carbonyl (C=O) groups is 1. The molecule has 106 valence electrons. The van der Waals surface area contributed by atoms with Gasteiger partial charge in [-0.15, -0.1) is 0 Å². The van der Waals surface area contributed by atoms with Gasteiger partial charge < -0.3 is 15.5 Å². The van der Waals surface area contributed by atoms with E-state index in [1.807, 2.05) is 14.0 Å². The number of hydrogen-bond acceptors (Lipinski definition) is 3. The van der Waals surface area contributed by atoms with Gasteiger partial charge in [0.05, 0.1) is 0 Å². The number of nitrogens with one attached hydrogen (secondary N) is 2. The number of likely N-dealkylation sites (tertiary alicyclic amines) is 1. The number of rotatable bonds is 7. The minimum absolute atomic E-state index is 0.0631. The Kier molecular flexibility index (Phi) is 7.28. The predicted molar refractivity (Wildman–Crippen MR) is 75.6 cm³/mol. The molecule has 0 aromatic rings. The second-order valence-electron chi connectivity index (χ2n) is 5.44. The van der Waals surface area contributed by atoms with Crippen molar-refractivity contribution in [3.8, 4) is 0 Å². The van der Waals surface area contributed by atoms with Gasteiger partial charge in [-0.1, -0.05) is 20.3 Å². The summed E-state index contributed by atoms with van der Waals surface area (Å²) in [4.78, 5) is 14.4. The zero-order valence-corrected chi connectivity index (χ0v) is 12.2. The van der Waals surface area contributed by atoms with Crippen LogP contribution in [0.3, 0.4) is 0 Å². The van der Waals surface area contributed by atoms with Crippen molar-refractivity contribution < 1.29 is 4.79 Å². The Morgan fingerprint density at radius 3 is 2.61 bits per heavy atom. The molecule has 0 saturated carbocycles. The first-order valence-corrected chi connectivity index (χ1v) is 7.34. The van der Waals surface area contributed by atoms with Gasteiger partial charge in [-0.3, -0.25) is 4.79 Å². The number of hydrogen-bond donors (Lipinski definition) is 2. The molecule has 0 radical (unpaired) electrons. The van der Waals surface area contributed by atoms with E-state index in [9.17, 15) is 4.79 Å². The predicted octanol–water partition coefficient (Wildman–Crippen LogP) is 1.22. The van der Waals surface area contributed by atoms with Crippen molar-refractivity contribution in [2.45, 2.75) is 45.6 Å². The van der Waals surface area contributed by atoms with Crippen LogP contribution in [0, 0.1) is 5.92 Å². The van der Waals surface area contributed by atoms with Gasteiger partial charge in [0.2, 0.25) is 5.91 Å². The van der Waals surface area contributed by atoms with Crippen molar-refractivity contribution in [2.75, 3.05) is 33.2 Å². The van der Waals surface area contributed by atoms with Gasteiger partial charge in [-0.2, -0.15) is 0 Å². The van der Waals surface area contributed by atoms with Crippen LogP contribution in [0.1, 0.15) is 39.5 Å². The summed E-state index contributed by atoms with van der Waals surface area (Å²) in [5.74, 6) is 0.254. The van der Waals surface area contributed by atoms with Crippen molar-refractivity contribution in [1.82, 2.24) is 15.5 Å². The van der Waals surface area contributed by atoms with E-state index in [0.29, 0.717) is 6.04 Å². The average Bonchev–Trinajstić information content (AvgIpc) is 2.38. The van der Waals surface area contributed by atoms with Gasteiger partial charge in [0, 0.05) is 31.6 Å². The lowest BCUT2D eigenvalue weighted by atomic mass is 10.0. The summed E-state index contributed by atoms with van der Waals surface area (Å²) in [5.41, 5.74) is 0. The van der Waals surface area contributed by atoms with Crippen molar-refractivity contribution >= 4 is 5.91 Å². The molecule has 1 atom stereocenters. The van der Waals surface area contributed by atoms with Gasteiger partial charge in [0.25, 0.3) is 0 Å². The normalized spacial score (nSPS) is 19.7. The minimum atomic E-state index is 0.0631. The van der Waals surface area contributed by atoms with Gasteiger partial charge >= 0.3 is 0 Å². The zero-order chi connectivity index (χ0) is 13.4. The molecule has 4 heteroatoms. The lowest BCUT2D eigenvalue weighted by molar-refractivity contribution is -0.125. The first kappa shape index (κ1) is 15.4. The Labute approximate surface area is 111 Å². The topological polar surface area (TPSA) is 44.4 Å². The molecule has 1 heterocycles. The van der Waals surface area contributed by atoms with Crippen LogP contribution < -0.4 is 10.6 Å². The molecule has 18 heavy (non-hydrogen) atoms. The van der Waals surface area contributed by atoms with E-state index in [-0.39, 0.29) is 11.8 Å². The van der Waals surface area contributed by atoms with Crippen molar-refractivity contribution in [1.29, 1.82) is 0 Å². The number of unbranched alkanes of at least 4 members (excludes halogenated alkanes) is 1. The molecule has 1 amide bonds. The molecule has 1 aliphatic heterocycles. The second kappa shape index (κ2) is 8.48. The standard InChI is InChI=1S/C14H29N3O/c1-4-5-8-17-9-6-13(7-10-17)16-14(18)12(2)11-15-3/h12-13,15H,4-11H2,1-3H3,(H,16,18). The average molecular weight is 255 g/mol. The molecule has 4 nitrogen and oxygen atoms in total. The molecule has 0 spiro atoms. The molecule has 1 saturated heterocycles.